The molecule has 0 radical (unpaired) electrons. The summed E-state index contributed by atoms with van der Waals surface area (Å²) in [6, 6.07) is 0. The predicted molar refractivity (Wildman–Crippen MR) is 56.9 cm³/mol. The van der Waals surface area contributed by atoms with E-state index in [0.29, 0.717) is 6.61 Å². The summed E-state index contributed by atoms with van der Waals surface area (Å²) in [7, 11) is 0. The Morgan fingerprint density at radius 3 is 2.17 bits per heavy atom. The first-order valence-corrected chi connectivity index (χ1v) is 5.80. The minimum Gasteiger partial charge on any atom is -0.461 e. The van der Waals surface area contributed by atoms with E-state index < -0.39 is 24.2 Å². The van der Waals surface area contributed by atoms with Gasteiger partial charge in [-0.05, 0) is 26.7 Å². The van der Waals surface area contributed by atoms with E-state index in [-0.39, 0.29) is 26.1 Å². The zero-order valence-corrected chi connectivity index (χ0v) is 10.5. The molecule has 0 bridgehead atoms. The van der Waals surface area contributed by atoms with Crippen molar-refractivity contribution in [2.45, 2.75) is 45.0 Å². The SMILES string of the molecule is CCOCCCCC(F)(F)C(F)(F)C(=O)OCC. The third-order valence-corrected chi connectivity index (χ3v) is 2.22. The molecule has 0 saturated carbocycles. The summed E-state index contributed by atoms with van der Waals surface area (Å²) in [6.07, 6.45) is -0.990. The Bertz CT molecular complexity index is 257. The summed E-state index contributed by atoms with van der Waals surface area (Å²) in [5.41, 5.74) is 0. The van der Waals surface area contributed by atoms with Gasteiger partial charge in [-0.3, -0.25) is 0 Å². The van der Waals surface area contributed by atoms with Gasteiger partial charge in [0.25, 0.3) is 0 Å². The molecule has 18 heavy (non-hydrogen) atoms. The number of unbranched alkanes of at least 4 members (excludes halogenated alkanes) is 1. The van der Waals surface area contributed by atoms with Crippen molar-refractivity contribution in [3.05, 3.63) is 0 Å². The largest absolute Gasteiger partial charge is 0.461 e. The van der Waals surface area contributed by atoms with Crippen LogP contribution >= 0.6 is 0 Å². The molecule has 0 aliphatic rings. The average Bonchev–Trinajstić information content (AvgIpc) is 2.28. The van der Waals surface area contributed by atoms with E-state index in [4.69, 9.17) is 4.74 Å². The fourth-order valence-electron chi connectivity index (χ4n) is 1.22. The monoisotopic (exact) mass is 274 g/mol. The lowest BCUT2D eigenvalue weighted by Gasteiger charge is -2.24. The van der Waals surface area contributed by atoms with Crippen molar-refractivity contribution in [3.8, 4) is 0 Å². The van der Waals surface area contributed by atoms with Gasteiger partial charge in [0, 0.05) is 19.6 Å². The summed E-state index contributed by atoms with van der Waals surface area (Å²) in [6.45, 7) is 3.32. The second-order valence-electron chi connectivity index (χ2n) is 3.65. The lowest BCUT2D eigenvalue weighted by atomic mass is 10.1. The van der Waals surface area contributed by atoms with Crippen LogP contribution in [-0.2, 0) is 14.3 Å². The van der Waals surface area contributed by atoms with Crippen molar-refractivity contribution in [1.82, 2.24) is 0 Å². The molecular weight excluding hydrogens is 256 g/mol. The highest BCUT2D eigenvalue weighted by Gasteiger charge is 2.62. The maximum absolute atomic E-state index is 13.2. The second kappa shape index (κ2) is 7.56. The van der Waals surface area contributed by atoms with Gasteiger partial charge < -0.3 is 9.47 Å². The van der Waals surface area contributed by atoms with E-state index in [1.807, 2.05) is 0 Å². The normalized spacial score (nSPS) is 12.6. The highest BCUT2D eigenvalue weighted by atomic mass is 19.3. The van der Waals surface area contributed by atoms with Gasteiger partial charge in [0.1, 0.15) is 0 Å². The highest BCUT2D eigenvalue weighted by Crippen LogP contribution is 2.39. The molecule has 0 unspecified atom stereocenters. The molecule has 0 aromatic carbocycles. The first kappa shape index (κ1) is 17.2. The molecule has 7 heteroatoms. The minimum atomic E-state index is -4.78. The van der Waals surface area contributed by atoms with Gasteiger partial charge in [0.15, 0.2) is 0 Å². The van der Waals surface area contributed by atoms with Crippen LogP contribution in [0.1, 0.15) is 33.1 Å². The van der Waals surface area contributed by atoms with E-state index in [9.17, 15) is 22.4 Å². The number of carbonyl (C=O) groups is 1. The van der Waals surface area contributed by atoms with Gasteiger partial charge in [-0.15, -0.1) is 0 Å². The van der Waals surface area contributed by atoms with Crippen LogP contribution in [0, 0.1) is 0 Å². The van der Waals surface area contributed by atoms with Crippen LogP contribution in [0.4, 0.5) is 17.6 Å². The quantitative estimate of drug-likeness (QED) is 0.368. The molecule has 0 spiro atoms. The van der Waals surface area contributed by atoms with E-state index in [2.05, 4.69) is 4.74 Å². The van der Waals surface area contributed by atoms with Crippen LogP contribution < -0.4 is 0 Å². The molecule has 0 saturated heterocycles. The zero-order chi connectivity index (χ0) is 14.2. The number of halogens is 4. The molecule has 0 atom stereocenters. The smallest absolute Gasteiger partial charge is 0.404 e. The minimum absolute atomic E-state index is 0.151. The predicted octanol–water partition coefficient (Wildman–Crippen LogP) is 3.03. The number of hydrogen-bond donors (Lipinski definition) is 0. The molecule has 0 amide bonds. The van der Waals surface area contributed by atoms with Crippen LogP contribution in [0.25, 0.3) is 0 Å². The number of ether oxygens (including phenoxy) is 2. The van der Waals surface area contributed by atoms with Crippen LogP contribution in [0.3, 0.4) is 0 Å². The van der Waals surface area contributed by atoms with E-state index in [1.165, 1.54) is 6.92 Å². The summed E-state index contributed by atoms with van der Waals surface area (Å²) in [5, 5.41) is 0. The summed E-state index contributed by atoms with van der Waals surface area (Å²) in [5.74, 6) is -11.4. The van der Waals surface area contributed by atoms with Crippen molar-refractivity contribution < 1.29 is 31.8 Å². The maximum atomic E-state index is 13.2. The average molecular weight is 274 g/mol. The lowest BCUT2D eigenvalue weighted by Crippen LogP contribution is -2.48. The van der Waals surface area contributed by atoms with E-state index in [1.54, 1.807) is 6.92 Å². The van der Waals surface area contributed by atoms with Crippen molar-refractivity contribution in [3.63, 3.8) is 0 Å². The Morgan fingerprint density at radius 1 is 1.06 bits per heavy atom. The molecule has 0 aliphatic carbocycles. The Labute approximate surface area is 103 Å². The van der Waals surface area contributed by atoms with Crippen LogP contribution in [0.15, 0.2) is 0 Å². The van der Waals surface area contributed by atoms with Gasteiger partial charge in [-0.2, -0.15) is 17.6 Å². The third kappa shape index (κ3) is 4.80. The number of alkyl halides is 4. The molecule has 0 heterocycles. The van der Waals surface area contributed by atoms with Gasteiger partial charge in [0.05, 0.1) is 6.61 Å². The van der Waals surface area contributed by atoms with Gasteiger partial charge >= 0.3 is 17.8 Å². The maximum Gasteiger partial charge on any atom is 0.404 e. The Balaban J connectivity index is 4.28. The standard InChI is InChI=1S/C11H18F4O3/c1-3-17-8-6-5-7-10(12,13)11(14,15)9(16)18-4-2/h3-8H2,1-2H3. The number of rotatable bonds is 9. The Hall–Kier alpha value is -0.850. The van der Waals surface area contributed by atoms with Crippen molar-refractivity contribution in [2.75, 3.05) is 19.8 Å². The first-order valence-electron chi connectivity index (χ1n) is 5.80. The Kier molecular flexibility index (Phi) is 7.20. The summed E-state index contributed by atoms with van der Waals surface area (Å²) in [4.78, 5) is 10.8. The molecule has 0 rings (SSSR count). The summed E-state index contributed by atoms with van der Waals surface area (Å²) >= 11 is 0. The fraction of sp³-hybridized carbons (Fsp3) is 0.909. The second-order valence-corrected chi connectivity index (χ2v) is 3.65. The van der Waals surface area contributed by atoms with Crippen molar-refractivity contribution >= 4 is 5.97 Å². The van der Waals surface area contributed by atoms with Gasteiger partial charge in [-0.25, -0.2) is 4.79 Å². The molecule has 0 N–H and O–H groups in total. The zero-order valence-electron chi connectivity index (χ0n) is 10.5. The van der Waals surface area contributed by atoms with E-state index in [0.717, 1.165) is 0 Å². The molecule has 0 aromatic heterocycles. The molecular formula is C11H18F4O3. The summed E-state index contributed by atoms with van der Waals surface area (Å²) < 4.78 is 61.4. The molecule has 3 nitrogen and oxygen atoms in total. The lowest BCUT2D eigenvalue weighted by molar-refractivity contribution is -0.230. The van der Waals surface area contributed by atoms with Crippen LogP contribution in [-0.4, -0.2) is 37.6 Å². The van der Waals surface area contributed by atoms with Crippen LogP contribution in [0.5, 0.6) is 0 Å². The van der Waals surface area contributed by atoms with E-state index >= 15 is 0 Å². The molecule has 108 valence electrons. The molecule has 0 aromatic rings. The Morgan fingerprint density at radius 2 is 1.67 bits per heavy atom. The third-order valence-electron chi connectivity index (χ3n) is 2.22. The number of hydrogen-bond acceptors (Lipinski definition) is 3. The topological polar surface area (TPSA) is 35.5 Å². The molecule has 0 fully saturated rings. The van der Waals surface area contributed by atoms with Crippen molar-refractivity contribution in [2.24, 2.45) is 0 Å². The number of carbonyl (C=O) groups excluding carboxylic acids is 1. The highest BCUT2D eigenvalue weighted by molar-refractivity contribution is 5.78. The fourth-order valence-corrected chi connectivity index (χ4v) is 1.22. The molecule has 0 aliphatic heterocycles. The first-order chi connectivity index (χ1) is 8.29. The van der Waals surface area contributed by atoms with Crippen molar-refractivity contribution in [1.29, 1.82) is 0 Å². The van der Waals surface area contributed by atoms with Crippen LogP contribution in [0.2, 0.25) is 0 Å². The van der Waals surface area contributed by atoms with Gasteiger partial charge in [-0.1, -0.05) is 0 Å². The number of esters is 1. The van der Waals surface area contributed by atoms with Gasteiger partial charge in [0.2, 0.25) is 0 Å².